The van der Waals surface area contributed by atoms with Crippen molar-refractivity contribution >= 4 is 5.78 Å². The Labute approximate surface area is 133 Å². The molecule has 2 aromatic heterocycles. The maximum atomic E-state index is 13.1. The molecule has 0 N–H and O–H groups in total. The van der Waals surface area contributed by atoms with Gasteiger partial charge in [-0.2, -0.15) is 0 Å². The summed E-state index contributed by atoms with van der Waals surface area (Å²) in [5.74, 6) is 0.156. The van der Waals surface area contributed by atoms with Crippen LogP contribution in [0.1, 0.15) is 34.1 Å². The summed E-state index contributed by atoms with van der Waals surface area (Å²) in [6.07, 6.45) is 7.20. The van der Waals surface area contributed by atoms with Crippen LogP contribution in [0.4, 0.5) is 0 Å². The van der Waals surface area contributed by atoms with Crippen LogP contribution in [-0.2, 0) is 6.42 Å². The van der Waals surface area contributed by atoms with Crippen molar-refractivity contribution in [3.63, 3.8) is 0 Å². The van der Waals surface area contributed by atoms with E-state index >= 15 is 0 Å². The number of rotatable bonds is 1. The van der Waals surface area contributed by atoms with E-state index in [-0.39, 0.29) is 17.7 Å². The quantitative estimate of drug-likeness (QED) is 0.693. The highest BCUT2D eigenvalue weighted by Gasteiger charge is 2.40. The zero-order valence-corrected chi connectivity index (χ0v) is 12.5. The van der Waals surface area contributed by atoms with E-state index < -0.39 is 0 Å². The first-order chi connectivity index (χ1) is 11.3. The predicted molar refractivity (Wildman–Crippen MR) is 86.2 cm³/mol. The molecule has 0 unspecified atom stereocenters. The van der Waals surface area contributed by atoms with E-state index in [2.05, 4.69) is 32.7 Å². The summed E-state index contributed by atoms with van der Waals surface area (Å²) in [6.45, 7) is 0. The van der Waals surface area contributed by atoms with Crippen molar-refractivity contribution < 1.29 is 4.79 Å². The molecule has 0 saturated carbocycles. The second kappa shape index (κ2) is 4.62. The largest absolute Gasteiger partial charge is 0.322 e. The lowest BCUT2D eigenvalue weighted by Gasteiger charge is -2.29. The van der Waals surface area contributed by atoms with Gasteiger partial charge in [-0.15, -0.1) is 0 Å². The average Bonchev–Trinajstić information content (AvgIpc) is 3.17. The normalized spacial score (nSPS) is 21.7. The van der Waals surface area contributed by atoms with Crippen molar-refractivity contribution in [1.29, 1.82) is 0 Å². The van der Waals surface area contributed by atoms with Crippen molar-refractivity contribution in [1.82, 2.24) is 14.5 Å². The summed E-state index contributed by atoms with van der Waals surface area (Å²) in [7, 11) is 0. The number of ketones is 1. The molecule has 0 amide bonds. The van der Waals surface area contributed by atoms with E-state index in [1.807, 2.05) is 30.7 Å². The summed E-state index contributed by atoms with van der Waals surface area (Å²) >= 11 is 0. The Morgan fingerprint density at radius 2 is 1.96 bits per heavy atom. The number of pyridine rings is 1. The van der Waals surface area contributed by atoms with E-state index in [9.17, 15) is 4.79 Å². The Bertz CT molecular complexity index is 928. The van der Waals surface area contributed by atoms with Gasteiger partial charge in [0.05, 0.1) is 30.0 Å². The number of nitrogens with zero attached hydrogens (tertiary/aromatic N) is 3. The number of aryl methyl sites for hydroxylation is 1. The number of carbonyl (C=O) groups excluding carboxylic acids is 1. The Kier molecular flexibility index (Phi) is 2.56. The molecular weight excluding hydrogens is 286 g/mol. The van der Waals surface area contributed by atoms with Crippen LogP contribution in [0.15, 0.2) is 55.1 Å². The minimum atomic E-state index is -0.0525. The number of hydrogen-bond acceptors (Lipinski definition) is 3. The molecule has 3 aromatic rings. The van der Waals surface area contributed by atoms with Gasteiger partial charge in [-0.1, -0.05) is 24.3 Å². The molecule has 0 fully saturated rings. The molecule has 2 atom stereocenters. The molecule has 0 spiro atoms. The number of aromatic nitrogens is 3. The second-order valence-electron chi connectivity index (χ2n) is 6.23. The minimum absolute atomic E-state index is 0.0459. The summed E-state index contributed by atoms with van der Waals surface area (Å²) in [5.41, 5.74) is 5.26. The molecule has 1 aliphatic heterocycles. The molecule has 0 bridgehead atoms. The highest BCUT2D eigenvalue weighted by Crippen LogP contribution is 2.45. The fourth-order valence-electron chi connectivity index (χ4n) is 4.07. The average molecular weight is 301 g/mol. The fourth-order valence-corrected chi connectivity index (χ4v) is 4.07. The smallest absolute Gasteiger partial charge is 0.170 e. The summed E-state index contributed by atoms with van der Waals surface area (Å²) < 4.78 is 2.16. The van der Waals surface area contributed by atoms with Gasteiger partial charge in [-0.05, 0) is 30.5 Å². The molecule has 1 aromatic carbocycles. The third-order valence-electron chi connectivity index (χ3n) is 5.09. The van der Waals surface area contributed by atoms with Gasteiger partial charge < -0.3 is 4.57 Å². The van der Waals surface area contributed by atoms with Crippen LogP contribution in [0.5, 0.6) is 0 Å². The van der Waals surface area contributed by atoms with Gasteiger partial charge in [0.1, 0.15) is 0 Å². The van der Waals surface area contributed by atoms with Gasteiger partial charge in [-0.3, -0.25) is 9.78 Å². The van der Waals surface area contributed by atoms with Crippen LogP contribution in [-0.4, -0.2) is 20.3 Å². The fraction of sp³-hybridized carbons (Fsp3) is 0.211. The van der Waals surface area contributed by atoms with E-state index in [1.54, 1.807) is 6.20 Å². The molecule has 5 rings (SSSR count). The van der Waals surface area contributed by atoms with Crippen LogP contribution in [0.25, 0.3) is 11.3 Å². The first-order valence-electron chi connectivity index (χ1n) is 7.94. The molecule has 112 valence electrons. The van der Waals surface area contributed by atoms with Gasteiger partial charge in [0.2, 0.25) is 0 Å². The third-order valence-corrected chi connectivity index (χ3v) is 5.09. The van der Waals surface area contributed by atoms with E-state index in [0.29, 0.717) is 0 Å². The first kappa shape index (κ1) is 12.8. The lowest BCUT2D eigenvalue weighted by atomic mass is 9.78. The summed E-state index contributed by atoms with van der Waals surface area (Å²) in [4.78, 5) is 21.7. The number of carbonyl (C=O) groups is 1. The van der Waals surface area contributed by atoms with Crippen molar-refractivity contribution in [3.05, 3.63) is 71.9 Å². The van der Waals surface area contributed by atoms with Gasteiger partial charge >= 0.3 is 0 Å². The topological polar surface area (TPSA) is 47.8 Å². The number of benzene rings is 1. The number of hydrogen-bond donors (Lipinski definition) is 0. The highest BCUT2D eigenvalue weighted by molar-refractivity contribution is 6.00. The number of Topliss-reactive ketones (excluding diaryl/α,β-unsaturated/α-hetero) is 1. The Morgan fingerprint density at radius 3 is 2.91 bits per heavy atom. The van der Waals surface area contributed by atoms with E-state index in [1.165, 1.54) is 11.1 Å². The molecule has 2 aliphatic rings. The highest BCUT2D eigenvalue weighted by atomic mass is 16.1. The van der Waals surface area contributed by atoms with Crippen LogP contribution in [0.2, 0.25) is 0 Å². The number of fused-ring (bicyclic) bond motifs is 4. The molecule has 1 aliphatic carbocycles. The van der Waals surface area contributed by atoms with Crippen LogP contribution in [0, 0.1) is 5.92 Å². The first-order valence-corrected chi connectivity index (χ1v) is 7.94. The summed E-state index contributed by atoms with van der Waals surface area (Å²) in [5, 5.41) is 0. The van der Waals surface area contributed by atoms with Crippen molar-refractivity contribution in [2.75, 3.05) is 0 Å². The summed E-state index contributed by atoms with van der Waals surface area (Å²) in [6, 6.07) is 12.2. The molecule has 0 radical (unpaired) electrons. The molecular formula is C19H15N3O. The Morgan fingerprint density at radius 1 is 1.09 bits per heavy atom. The van der Waals surface area contributed by atoms with Gasteiger partial charge in [0, 0.05) is 23.2 Å². The predicted octanol–water partition coefficient (Wildman–Crippen LogP) is 3.29. The standard InChI is InChI=1S/C19H15N3O/c23-19-14-6-3-9-21-16(14)8-7-15(19)18-13-5-2-1-4-12(13)17-10-20-11-22(17)18/h1-6,9-11,15,18H,7-8H2/t15-,18-/m0/s1. The lowest BCUT2D eigenvalue weighted by Crippen LogP contribution is -2.30. The molecule has 3 heterocycles. The van der Waals surface area contributed by atoms with E-state index in [4.69, 9.17) is 0 Å². The Hall–Kier alpha value is -2.75. The van der Waals surface area contributed by atoms with Crippen LogP contribution >= 0.6 is 0 Å². The van der Waals surface area contributed by atoms with Crippen LogP contribution < -0.4 is 0 Å². The van der Waals surface area contributed by atoms with Crippen molar-refractivity contribution in [2.45, 2.75) is 18.9 Å². The molecule has 23 heavy (non-hydrogen) atoms. The zero-order chi connectivity index (χ0) is 15.4. The molecule has 0 saturated heterocycles. The Balaban J connectivity index is 1.65. The minimum Gasteiger partial charge on any atom is -0.322 e. The van der Waals surface area contributed by atoms with Gasteiger partial charge in [0.25, 0.3) is 0 Å². The van der Waals surface area contributed by atoms with Crippen molar-refractivity contribution in [3.8, 4) is 11.3 Å². The maximum Gasteiger partial charge on any atom is 0.170 e. The van der Waals surface area contributed by atoms with Crippen molar-refractivity contribution in [2.24, 2.45) is 5.92 Å². The van der Waals surface area contributed by atoms with Crippen LogP contribution in [0.3, 0.4) is 0 Å². The molecule has 4 heteroatoms. The van der Waals surface area contributed by atoms with Gasteiger partial charge in [0.15, 0.2) is 5.78 Å². The van der Waals surface area contributed by atoms with Gasteiger partial charge in [-0.25, -0.2) is 4.98 Å². The monoisotopic (exact) mass is 301 g/mol. The third kappa shape index (κ3) is 1.69. The SMILES string of the molecule is O=C1c2cccnc2CC[C@H]1[C@@H]1c2ccccc2-c2cncn21. The molecule has 4 nitrogen and oxygen atoms in total. The maximum absolute atomic E-state index is 13.1. The number of imidazole rings is 1. The second-order valence-corrected chi connectivity index (χ2v) is 6.23. The zero-order valence-electron chi connectivity index (χ0n) is 12.5. The lowest BCUT2D eigenvalue weighted by molar-refractivity contribution is 0.0870. The van der Waals surface area contributed by atoms with E-state index in [0.717, 1.165) is 29.8 Å².